The van der Waals surface area contributed by atoms with E-state index in [1.807, 2.05) is 30.5 Å². The molecule has 3 aromatic rings. The first-order valence-electron chi connectivity index (χ1n) is 7.69. The van der Waals surface area contributed by atoms with Crippen LogP contribution in [0.25, 0.3) is 10.9 Å². The van der Waals surface area contributed by atoms with Crippen LogP contribution < -0.4 is 14.2 Å². The summed E-state index contributed by atoms with van der Waals surface area (Å²) >= 11 is 0. The van der Waals surface area contributed by atoms with E-state index >= 15 is 0 Å². The van der Waals surface area contributed by atoms with E-state index in [0.29, 0.717) is 23.7 Å². The third kappa shape index (κ3) is 3.20. The highest BCUT2D eigenvalue weighted by molar-refractivity contribution is 5.84. The number of fused-ring (bicyclic) bond motifs is 1. The molecule has 1 aromatic heterocycles. The zero-order chi connectivity index (χ0) is 16.9. The third-order valence-electron chi connectivity index (χ3n) is 3.87. The van der Waals surface area contributed by atoms with Crippen molar-refractivity contribution in [2.45, 2.75) is 12.8 Å². The molecule has 0 aliphatic rings. The normalized spacial score (nSPS) is 10.6. The van der Waals surface area contributed by atoms with Gasteiger partial charge in [0.2, 0.25) is 5.75 Å². The first-order chi connectivity index (χ1) is 11.7. The second-order valence-corrected chi connectivity index (χ2v) is 5.33. The molecular weight excluding hydrogens is 306 g/mol. The second-order valence-electron chi connectivity index (χ2n) is 5.33. The Morgan fingerprint density at radius 1 is 1.00 bits per heavy atom. The van der Waals surface area contributed by atoms with Crippen molar-refractivity contribution in [2.24, 2.45) is 0 Å². The summed E-state index contributed by atoms with van der Waals surface area (Å²) in [6.45, 7) is 0. The van der Waals surface area contributed by atoms with E-state index in [2.05, 4.69) is 4.98 Å². The number of esters is 1. The predicted molar refractivity (Wildman–Crippen MR) is 91.8 cm³/mol. The van der Waals surface area contributed by atoms with Gasteiger partial charge in [-0.3, -0.25) is 4.79 Å². The van der Waals surface area contributed by atoms with Gasteiger partial charge >= 0.3 is 5.97 Å². The van der Waals surface area contributed by atoms with Crippen LogP contribution >= 0.6 is 0 Å². The molecule has 0 radical (unpaired) electrons. The number of aromatic nitrogens is 1. The summed E-state index contributed by atoms with van der Waals surface area (Å²) in [7, 11) is 3.05. The monoisotopic (exact) mass is 325 g/mol. The minimum absolute atomic E-state index is 0.267. The Hall–Kier alpha value is -2.95. The number of hydrogen-bond acceptors (Lipinski definition) is 4. The molecule has 3 rings (SSSR count). The van der Waals surface area contributed by atoms with Crippen LogP contribution in [0.5, 0.6) is 17.2 Å². The third-order valence-corrected chi connectivity index (χ3v) is 3.87. The summed E-state index contributed by atoms with van der Waals surface area (Å²) in [6, 6.07) is 13.2. The Morgan fingerprint density at radius 3 is 2.42 bits per heavy atom. The highest BCUT2D eigenvalue weighted by atomic mass is 16.6. The summed E-state index contributed by atoms with van der Waals surface area (Å²) in [6.07, 6.45) is 2.80. The lowest BCUT2D eigenvalue weighted by Gasteiger charge is -2.12. The number of rotatable bonds is 6. The van der Waals surface area contributed by atoms with Crippen LogP contribution in [0.15, 0.2) is 48.7 Å². The summed E-state index contributed by atoms with van der Waals surface area (Å²) in [5, 5.41) is 1.13. The van der Waals surface area contributed by atoms with E-state index < -0.39 is 0 Å². The lowest BCUT2D eigenvalue weighted by Crippen LogP contribution is -2.10. The molecule has 0 aliphatic carbocycles. The molecule has 5 heteroatoms. The van der Waals surface area contributed by atoms with E-state index in [1.165, 1.54) is 14.2 Å². The molecule has 0 saturated heterocycles. The lowest BCUT2D eigenvalue weighted by atomic mass is 10.1. The molecular formula is C19H19NO4. The molecule has 0 saturated carbocycles. The van der Waals surface area contributed by atoms with Gasteiger partial charge in [-0.25, -0.2) is 0 Å². The fourth-order valence-corrected chi connectivity index (χ4v) is 2.66. The fourth-order valence-electron chi connectivity index (χ4n) is 2.66. The van der Waals surface area contributed by atoms with Crippen molar-refractivity contribution in [3.05, 3.63) is 54.2 Å². The van der Waals surface area contributed by atoms with Gasteiger partial charge in [-0.1, -0.05) is 24.3 Å². The minimum atomic E-state index is -0.330. The number of aryl methyl sites for hydroxylation is 1. The maximum Gasteiger partial charge on any atom is 0.311 e. The number of benzene rings is 2. The number of carbonyl (C=O) groups is 1. The van der Waals surface area contributed by atoms with Gasteiger partial charge in [-0.2, -0.15) is 0 Å². The van der Waals surface area contributed by atoms with Gasteiger partial charge in [0.1, 0.15) is 0 Å². The number of aromatic amines is 1. The van der Waals surface area contributed by atoms with Gasteiger partial charge in [-0.05, 0) is 30.2 Å². The zero-order valence-corrected chi connectivity index (χ0v) is 13.7. The second kappa shape index (κ2) is 7.08. The molecule has 1 N–H and O–H groups in total. The van der Waals surface area contributed by atoms with Crippen LogP contribution in [0.3, 0.4) is 0 Å². The van der Waals surface area contributed by atoms with Crippen molar-refractivity contribution >= 4 is 16.9 Å². The molecule has 0 aliphatic heterocycles. The van der Waals surface area contributed by atoms with Crippen molar-refractivity contribution in [3.63, 3.8) is 0 Å². The molecule has 0 atom stereocenters. The molecule has 124 valence electrons. The van der Waals surface area contributed by atoms with Crippen molar-refractivity contribution in [1.82, 2.24) is 4.98 Å². The molecule has 0 bridgehead atoms. The van der Waals surface area contributed by atoms with Gasteiger partial charge in [0.05, 0.1) is 20.6 Å². The van der Waals surface area contributed by atoms with Crippen molar-refractivity contribution < 1.29 is 19.0 Å². The number of para-hydroxylation sites is 2. The van der Waals surface area contributed by atoms with Gasteiger partial charge in [0, 0.05) is 17.1 Å². The smallest absolute Gasteiger partial charge is 0.311 e. The quantitative estimate of drug-likeness (QED) is 0.554. The summed E-state index contributed by atoms with van der Waals surface area (Å²) < 4.78 is 15.9. The first-order valence-corrected chi connectivity index (χ1v) is 7.69. The molecule has 0 fully saturated rings. The van der Waals surface area contributed by atoms with E-state index in [-0.39, 0.29) is 12.4 Å². The molecule has 5 nitrogen and oxygen atoms in total. The first kappa shape index (κ1) is 15.9. The van der Waals surface area contributed by atoms with E-state index in [9.17, 15) is 4.79 Å². The minimum Gasteiger partial charge on any atom is -0.493 e. The van der Waals surface area contributed by atoms with Crippen LogP contribution in [-0.2, 0) is 11.2 Å². The van der Waals surface area contributed by atoms with Crippen LogP contribution in [-0.4, -0.2) is 25.2 Å². The Labute approximate surface area is 140 Å². The average Bonchev–Trinajstić information content (AvgIpc) is 3.03. The SMILES string of the molecule is COc1cccc(OC)c1OC(=O)CCc1c[nH]c2ccccc12. The van der Waals surface area contributed by atoms with Crippen molar-refractivity contribution in [1.29, 1.82) is 0 Å². The van der Waals surface area contributed by atoms with Gasteiger partial charge in [-0.15, -0.1) is 0 Å². The Balaban J connectivity index is 1.70. The van der Waals surface area contributed by atoms with Gasteiger partial charge < -0.3 is 19.2 Å². The van der Waals surface area contributed by atoms with Gasteiger partial charge in [0.15, 0.2) is 11.5 Å². The maximum absolute atomic E-state index is 12.2. The van der Waals surface area contributed by atoms with Gasteiger partial charge in [0.25, 0.3) is 0 Å². The number of ether oxygens (including phenoxy) is 3. The number of nitrogens with one attached hydrogen (secondary N) is 1. The Bertz CT molecular complexity index is 831. The number of H-pyrrole nitrogens is 1. The van der Waals surface area contributed by atoms with Crippen molar-refractivity contribution in [2.75, 3.05) is 14.2 Å². The zero-order valence-electron chi connectivity index (χ0n) is 13.7. The number of methoxy groups -OCH3 is 2. The summed E-state index contributed by atoms with van der Waals surface area (Å²) in [5.41, 5.74) is 2.15. The molecule has 0 amide bonds. The molecule has 0 unspecified atom stereocenters. The summed E-state index contributed by atoms with van der Waals surface area (Å²) in [5.74, 6) is 0.916. The van der Waals surface area contributed by atoms with Crippen LogP contribution in [0.4, 0.5) is 0 Å². The standard InChI is InChI=1S/C19H19NO4/c1-22-16-8-5-9-17(23-2)19(16)24-18(21)11-10-13-12-20-15-7-4-3-6-14(13)15/h3-9,12,20H,10-11H2,1-2H3. The molecule has 1 heterocycles. The number of hydrogen-bond donors (Lipinski definition) is 1. The molecule has 24 heavy (non-hydrogen) atoms. The van der Waals surface area contributed by atoms with E-state index in [1.54, 1.807) is 18.2 Å². The van der Waals surface area contributed by atoms with Crippen LogP contribution in [0, 0.1) is 0 Å². The van der Waals surface area contributed by atoms with Crippen LogP contribution in [0.1, 0.15) is 12.0 Å². The Morgan fingerprint density at radius 2 is 1.71 bits per heavy atom. The highest BCUT2D eigenvalue weighted by Crippen LogP contribution is 2.37. The average molecular weight is 325 g/mol. The largest absolute Gasteiger partial charge is 0.493 e. The predicted octanol–water partition coefficient (Wildman–Crippen LogP) is 3.72. The van der Waals surface area contributed by atoms with E-state index in [4.69, 9.17) is 14.2 Å². The van der Waals surface area contributed by atoms with Crippen LogP contribution in [0.2, 0.25) is 0 Å². The fraction of sp³-hybridized carbons (Fsp3) is 0.211. The van der Waals surface area contributed by atoms with Crippen molar-refractivity contribution in [3.8, 4) is 17.2 Å². The topological polar surface area (TPSA) is 60.6 Å². The highest BCUT2D eigenvalue weighted by Gasteiger charge is 2.16. The maximum atomic E-state index is 12.2. The number of carbonyl (C=O) groups excluding carboxylic acids is 1. The lowest BCUT2D eigenvalue weighted by molar-refractivity contribution is -0.134. The Kier molecular flexibility index (Phi) is 4.70. The summed E-state index contributed by atoms with van der Waals surface area (Å²) in [4.78, 5) is 15.4. The van der Waals surface area contributed by atoms with E-state index in [0.717, 1.165) is 16.5 Å². The molecule has 2 aromatic carbocycles. The molecule has 0 spiro atoms.